The lowest BCUT2D eigenvalue weighted by atomic mass is 9.87. The van der Waals surface area contributed by atoms with E-state index >= 15 is 4.39 Å². The highest BCUT2D eigenvalue weighted by atomic mass is 19.1. The fraction of sp³-hybridized carbons (Fsp3) is 0.500. The Balaban J connectivity index is 1.36. The van der Waals surface area contributed by atoms with Crippen LogP contribution in [0.15, 0.2) is 24.3 Å². The monoisotopic (exact) mass is 501 g/mol. The van der Waals surface area contributed by atoms with Gasteiger partial charge in [0, 0.05) is 54.3 Å². The fourth-order valence-corrected chi connectivity index (χ4v) is 5.20. The van der Waals surface area contributed by atoms with Crippen LogP contribution in [0.3, 0.4) is 0 Å². The van der Waals surface area contributed by atoms with E-state index < -0.39 is 5.67 Å². The molecule has 1 aromatic carbocycles. The normalized spacial score (nSPS) is 21.4. The third-order valence-corrected chi connectivity index (χ3v) is 7.48. The molecule has 1 atom stereocenters. The zero-order valence-corrected chi connectivity index (χ0v) is 21.1. The minimum absolute atomic E-state index is 0.144. The van der Waals surface area contributed by atoms with Crippen LogP contribution in [0.4, 0.5) is 16.0 Å². The number of aromatic amines is 1. The Labute approximate surface area is 215 Å². The van der Waals surface area contributed by atoms with Gasteiger partial charge in [-0.05, 0) is 63.6 Å². The second kappa shape index (κ2) is 9.75. The SMILES string of the molecule is C[C@@H]1CN(C(=O)c2nc(Nc3cc(C4CC4)[nH]n3)c3cc(C#CC4(F)CCCCC4)ccc3n2)CCN1. The van der Waals surface area contributed by atoms with E-state index in [-0.39, 0.29) is 17.8 Å². The second-order valence-corrected chi connectivity index (χ2v) is 10.6. The zero-order valence-electron chi connectivity index (χ0n) is 21.1. The van der Waals surface area contributed by atoms with E-state index in [1.54, 1.807) is 4.90 Å². The molecule has 2 saturated carbocycles. The number of anilines is 2. The van der Waals surface area contributed by atoms with E-state index in [0.717, 1.165) is 44.3 Å². The predicted molar refractivity (Wildman–Crippen MR) is 141 cm³/mol. The summed E-state index contributed by atoms with van der Waals surface area (Å²) in [5.41, 5.74) is 0.993. The average Bonchev–Trinajstić information content (AvgIpc) is 3.66. The Bertz CT molecular complexity index is 1380. The topological polar surface area (TPSA) is 98.8 Å². The first-order chi connectivity index (χ1) is 18.0. The number of hydrogen-bond acceptors (Lipinski definition) is 6. The van der Waals surface area contributed by atoms with Crippen molar-refractivity contribution in [2.45, 2.75) is 69.5 Å². The first-order valence-electron chi connectivity index (χ1n) is 13.3. The van der Waals surface area contributed by atoms with Gasteiger partial charge >= 0.3 is 0 Å². The van der Waals surface area contributed by atoms with Crippen LogP contribution in [0.5, 0.6) is 0 Å². The molecule has 3 N–H and O–H groups in total. The summed E-state index contributed by atoms with van der Waals surface area (Å²) in [5.74, 6) is 7.54. The molecule has 0 bridgehead atoms. The number of nitrogens with zero attached hydrogens (tertiary/aromatic N) is 4. The summed E-state index contributed by atoms with van der Waals surface area (Å²) in [6, 6.07) is 7.73. The number of amides is 1. The van der Waals surface area contributed by atoms with Gasteiger partial charge in [0.2, 0.25) is 5.82 Å². The van der Waals surface area contributed by atoms with Crippen LogP contribution < -0.4 is 10.6 Å². The van der Waals surface area contributed by atoms with Crippen LogP contribution in [0.2, 0.25) is 0 Å². The molecule has 192 valence electrons. The molecule has 3 fully saturated rings. The molecule has 1 amide bonds. The van der Waals surface area contributed by atoms with Crippen LogP contribution in [0.1, 0.15) is 79.7 Å². The van der Waals surface area contributed by atoms with Crippen molar-refractivity contribution >= 4 is 28.4 Å². The van der Waals surface area contributed by atoms with Gasteiger partial charge in [-0.1, -0.05) is 18.3 Å². The van der Waals surface area contributed by atoms with E-state index in [4.69, 9.17) is 0 Å². The zero-order chi connectivity index (χ0) is 25.4. The average molecular weight is 502 g/mol. The molecule has 8 nitrogen and oxygen atoms in total. The minimum Gasteiger partial charge on any atom is -0.333 e. The third-order valence-electron chi connectivity index (χ3n) is 7.48. The number of carbonyl (C=O) groups excluding carboxylic acids is 1. The van der Waals surface area contributed by atoms with Gasteiger partial charge < -0.3 is 15.5 Å². The molecular weight excluding hydrogens is 469 g/mol. The summed E-state index contributed by atoms with van der Waals surface area (Å²) < 4.78 is 15.1. The first kappa shape index (κ1) is 23.9. The maximum atomic E-state index is 15.1. The Morgan fingerprint density at radius 1 is 1.19 bits per heavy atom. The Kier molecular flexibility index (Phi) is 6.29. The molecule has 2 aliphatic carbocycles. The molecule has 0 radical (unpaired) electrons. The number of aromatic nitrogens is 4. The largest absolute Gasteiger partial charge is 0.333 e. The molecule has 37 heavy (non-hydrogen) atoms. The smallest absolute Gasteiger partial charge is 0.291 e. The Hall–Kier alpha value is -3.51. The highest BCUT2D eigenvalue weighted by molar-refractivity contribution is 5.97. The number of piperazine rings is 1. The van der Waals surface area contributed by atoms with Crippen LogP contribution in [-0.2, 0) is 0 Å². The van der Waals surface area contributed by atoms with Crippen LogP contribution in [-0.4, -0.2) is 62.3 Å². The van der Waals surface area contributed by atoms with Gasteiger partial charge in [0.15, 0.2) is 11.5 Å². The van der Waals surface area contributed by atoms with Crippen LogP contribution >= 0.6 is 0 Å². The quantitative estimate of drug-likeness (QED) is 0.458. The highest BCUT2D eigenvalue weighted by Crippen LogP contribution is 2.40. The number of rotatable bonds is 4. The molecular formula is C28H32FN7O. The number of nitrogens with one attached hydrogen (secondary N) is 3. The first-order valence-corrected chi connectivity index (χ1v) is 13.3. The molecule has 0 unspecified atom stereocenters. The number of benzene rings is 1. The lowest BCUT2D eigenvalue weighted by Crippen LogP contribution is -2.51. The lowest BCUT2D eigenvalue weighted by molar-refractivity contribution is 0.0697. The summed E-state index contributed by atoms with van der Waals surface area (Å²) in [5, 5.41) is 14.9. The van der Waals surface area contributed by atoms with Gasteiger partial charge in [-0.25, -0.2) is 14.4 Å². The van der Waals surface area contributed by atoms with Crippen molar-refractivity contribution in [1.82, 2.24) is 30.4 Å². The summed E-state index contributed by atoms with van der Waals surface area (Å²) in [6.07, 6.45) is 6.12. The van der Waals surface area contributed by atoms with Gasteiger partial charge in [-0.15, -0.1) is 0 Å². The van der Waals surface area contributed by atoms with Crippen LogP contribution in [0, 0.1) is 11.8 Å². The van der Waals surface area contributed by atoms with E-state index in [9.17, 15) is 4.79 Å². The minimum atomic E-state index is -1.42. The Morgan fingerprint density at radius 3 is 2.81 bits per heavy atom. The van der Waals surface area contributed by atoms with Crippen molar-refractivity contribution in [1.29, 1.82) is 0 Å². The number of carbonyl (C=O) groups is 1. The molecule has 3 heterocycles. The van der Waals surface area contributed by atoms with E-state index in [1.165, 1.54) is 0 Å². The molecule has 9 heteroatoms. The van der Waals surface area contributed by atoms with E-state index in [0.29, 0.717) is 60.0 Å². The Morgan fingerprint density at radius 2 is 2.03 bits per heavy atom. The van der Waals surface area contributed by atoms with Gasteiger partial charge in [0.25, 0.3) is 5.91 Å². The summed E-state index contributed by atoms with van der Waals surface area (Å²) in [6.45, 7) is 4.00. The maximum Gasteiger partial charge on any atom is 0.291 e. The molecule has 1 saturated heterocycles. The number of halogens is 1. The van der Waals surface area contributed by atoms with Gasteiger partial charge in [0.1, 0.15) is 5.82 Å². The molecule has 3 aromatic rings. The number of hydrogen-bond donors (Lipinski definition) is 3. The van der Waals surface area contributed by atoms with Crippen molar-refractivity contribution < 1.29 is 9.18 Å². The molecule has 6 rings (SSSR count). The number of alkyl halides is 1. The molecule has 0 spiro atoms. The predicted octanol–water partition coefficient (Wildman–Crippen LogP) is 4.43. The van der Waals surface area contributed by atoms with Gasteiger partial charge in [-0.2, -0.15) is 5.10 Å². The summed E-state index contributed by atoms with van der Waals surface area (Å²) in [7, 11) is 0. The second-order valence-electron chi connectivity index (χ2n) is 10.6. The maximum absolute atomic E-state index is 15.1. The summed E-state index contributed by atoms with van der Waals surface area (Å²) in [4.78, 5) is 24.4. The van der Waals surface area contributed by atoms with Crippen molar-refractivity contribution in [3.05, 3.63) is 41.3 Å². The molecule has 3 aliphatic rings. The van der Waals surface area contributed by atoms with Crippen LogP contribution in [0.25, 0.3) is 10.9 Å². The third kappa shape index (κ3) is 5.30. The van der Waals surface area contributed by atoms with Gasteiger partial charge in [-0.3, -0.25) is 9.89 Å². The number of H-pyrrole nitrogens is 1. The van der Waals surface area contributed by atoms with Crippen molar-refractivity contribution in [2.75, 3.05) is 25.0 Å². The molecule has 2 aromatic heterocycles. The van der Waals surface area contributed by atoms with Crippen molar-refractivity contribution in [3.8, 4) is 11.8 Å². The van der Waals surface area contributed by atoms with Crippen molar-refractivity contribution in [2.24, 2.45) is 0 Å². The number of fused-ring (bicyclic) bond motifs is 1. The molecule has 1 aliphatic heterocycles. The standard InChI is InChI=1S/C28H32FN7O/c1-18-17-36(14-13-30-18)27(37)26-31-22-8-5-19(9-12-28(29)10-3-2-4-11-28)15-21(22)25(33-26)32-24-16-23(34-35-24)20-6-7-20/h5,8,15-16,18,20,30H,2-4,6-7,10-11,13-14,17H2,1H3,(H2,31,32,33,34,35)/t18-/m1/s1. The van der Waals surface area contributed by atoms with E-state index in [1.807, 2.05) is 24.3 Å². The van der Waals surface area contributed by atoms with Gasteiger partial charge in [0.05, 0.1) is 5.52 Å². The lowest BCUT2D eigenvalue weighted by Gasteiger charge is -2.31. The van der Waals surface area contributed by atoms with Crippen molar-refractivity contribution in [3.63, 3.8) is 0 Å². The summed E-state index contributed by atoms with van der Waals surface area (Å²) >= 11 is 0. The van der Waals surface area contributed by atoms with E-state index in [2.05, 4.69) is 49.6 Å². The fourth-order valence-electron chi connectivity index (χ4n) is 5.20. The highest BCUT2D eigenvalue weighted by Gasteiger charge is 2.29.